The summed E-state index contributed by atoms with van der Waals surface area (Å²) in [6.07, 6.45) is 0. The molecule has 0 spiro atoms. The van der Waals surface area contributed by atoms with Crippen LogP contribution in [-0.2, 0) is 0 Å². The van der Waals surface area contributed by atoms with E-state index in [9.17, 15) is 0 Å². The van der Waals surface area contributed by atoms with Crippen molar-refractivity contribution in [2.24, 2.45) is 0 Å². The van der Waals surface area contributed by atoms with Gasteiger partial charge in [0.1, 0.15) is 0 Å². The predicted octanol–water partition coefficient (Wildman–Crippen LogP) is 2.66. The van der Waals surface area contributed by atoms with Crippen LogP contribution in [0.15, 0.2) is 48.5 Å². The Morgan fingerprint density at radius 3 is 1.64 bits per heavy atom. The van der Waals surface area contributed by atoms with E-state index in [1.165, 1.54) is 0 Å². The maximum Gasteiger partial charge on any atom is 0.179 e. The van der Waals surface area contributed by atoms with Crippen LogP contribution in [0.5, 0.6) is 11.5 Å². The average Bonchev–Trinajstić information content (AvgIpc) is 2.29. The Labute approximate surface area is 82.6 Å². The topological polar surface area (TPSA) is 18.5 Å². The lowest BCUT2D eigenvalue weighted by Gasteiger charge is -2.04. The Morgan fingerprint density at radius 2 is 1.29 bits per heavy atom. The van der Waals surface area contributed by atoms with E-state index in [-0.39, 0.29) is 0 Å². The molecule has 14 heavy (non-hydrogen) atoms. The SMILES string of the molecule is [c]1cccc(OOc2c[c]ccc2)c1. The first-order valence-corrected chi connectivity index (χ1v) is 4.22. The standard InChI is InChI=1S/C12H8O2/c1-3-7-11(8-4-1)13-14-12-9-5-2-6-10-12/h1-3,5,7-10H. The van der Waals surface area contributed by atoms with Gasteiger partial charge in [0.05, 0.1) is 0 Å². The number of rotatable bonds is 3. The minimum absolute atomic E-state index is 0.622. The van der Waals surface area contributed by atoms with Crippen LogP contribution in [0, 0.1) is 12.1 Å². The fourth-order valence-electron chi connectivity index (χ4n) is 0.954. The van der Waals surface area contributed by atoms with Crippen LogP contribution >= 0.6 is 0 Å². The second kappa shape index (κ2) is 4.33. The smallest absolute Gasteiger partial charge is 0.179 e. The lowest BCUT2D eigenvalue weighted by Crippen LogP contribution is -1.99. The molecule has 0 amide bonds. The van der Waals surface area contributed by atoms with Gasteiger partial charge in [-0.25, -0.2) is 0 Å². The Hall–Kier alpha value is -1.96. The molecule has 0 aliphatic carbocycles. The molecule has 0 unspecified atom stereocenters. The molecule has 68 valence electrons. The van der Waals surface area contributed by atoms with Gasteiger partial charge in [0, 0.05) is 0 Å². The van der Waals surface area contributed by atoms with Crippen molar-refractivity contribution < 1.29 is 9.78 Å². The van der Waals surface area contributed by atoms with Crippen LogP contribution in [0.3, 0.4) is 0 Å². The molecule has 2 aromatic carbocycles. The summed E-state index contributed by atoms with van der Waals surface area (Å²) in [5.74, 6) is 1.24. The van der Waals surface area contributed by atoms with Crippen molar-refractivity contribution in [2.45, 2.75) is 0 Å². The van der Waals surface area contributed by atoms with Gasteiger partial charge >= 0.3 is 0 Å². The molecule has 0 fully saturated rings. The van der Waals surface area contributed by atoms with Gasteiger partial charge in [-0.05, 0) is 36.4 Å². The van der Waals surface area contributed by atoms with Gasteiger partial charge < -0.3 is 0 Å². The van der Waals surface area contributed by atoms with Gasteiger partial charge in [0.2, 0.25) is 0 Å². The van der Waals surface area contributed by atoms with Gasteiger partial charge in [-0.1, -0.05) is 24.3 Å². The highest BCUT2D eigenvalue weighted by Crippen LogP contribution is 2.12. The number of hydrogen-bond donors (Lipinski definition) is 0. The molecule has 0 saturated heterocycles. The molecule has 0 heterocycles. The molecule has 2 radical (unpaired) electrons. The summed E-state index contributed by atoms with van der Waals surface area (Å²) >= 11 is 0. The molecule has 0 atom stereocenters. The normalized spacial score (nSPS) is 9.43. The lowest BCUT2D eigenvalue weighted by molar-refractivity contribution is -0.0999. The van der Waals surface area contributed by atoms with E-state index in [1.54, 1.807) is 36.4 Å². The third-order valence-electron chi connectivity index (χ3n) is 1.59. The largest absolute Gasteiger partial charge is 0.290 e. The van der Waals surface area contributed by atoms with E-state index in [2.05, 4.69) is 12.1 Å². The van der Waals surface area contributed by atoms with Gasteiger partial charge in [0.25, 0.3) is 0 Å². The van der Waals surface area contributed by atoms with Gasteiger partial charge in [-0.15, -0.1) is 0 Å². The van der Waals surface area contributed by atoms with Gasteiger partial charge in [0.15, 0.2) is 11.5 Å². The molecular weight excluding hydrogens is 176 g/mol. The van der Waals surface area contributed by atoms with E-state index in [1.807, 2.05) is 12.1 Å². The van der Waals surface area contributed by atoms with Crippen LogP contribution in [0.2, 0.25) is 0 Å². The number of hydrogen-bond acceptors (Lipinski definition) is 2. The molecular formula is C12H8O2. The maximum absolute atomic E-state index is 5.04. The van der Waals surface area contributed by atoms with Gasteiger partial charge in [-0.2, -0.15) is 0 Å². The molecule has 0 aromatic heterocycles. The third kappa shape index (κ3) is 2.26. The zero-order chi connectivity index (χ0) is 9.64. The molecule has 2 rings (SSSR count). The van der Waals surface area contributed by atoms with E-state index in [0.29, 0.717) is 11.5 Å². The molecule has 2 nitrogen and oxygen atoms in total. The van der Waals surface area contributed by atoms with Crippen molar-refractivity contribution >= 4 is 0 Å². The van der Waals surface area contributed by atoms with Crippen molar-refractivity contribution in [1.29, 1.82) is 0 Å². The number of benzene rings is 2. The van der Waals surface area contributed by atoms with Crippen LogP contribution in [0.1, 0.15) is 0 Å². The Kier molecular flexibility index (Phi) is 2.67. The quantitative estimate of drug-likeness (QED) is 0.539. The Morgan fingerprint density at radius 1 is 0.786 bits per heavy atom. The Bertz CT molecular complexity index is 331. The van der Waals surface area contributed by atoms with Crippen molar-refractivity contribution in [3.05, 3.63) is 60.7 Å². The average molecular weight is 184 g/mol. The van der Waals surface area contributed by atoms with Crippen molar-refractivity contribution in [3.8, 4) is 11.5 Å². The first-order chi connectivity index (χ1) is 6.95. The van der Waals surface area contributed by atoms with E-state index >= 15 is 0 Å². The summed E-state index contributed by atoms with van der Waals surface area (Å²) in [6, 6.07) is 20.0. The zero-order valence-corrected chi connectivity index (χ0v) is 7.44. The minimum atomic E-state index is 0.622. The fourth-order valence-corrected chi connectivity index (χ4v) is 0.954. The molecule has 0 bridgehead atoms. The monoisotopic (exact) mass is 184 g/mol. The molecule has 2 heteroatoms. The summed E-state index contributed by atoms with van der Waals surface area (Å²) in [5, 5.41) is 0. The van der Waals surface area contributed by atoms with E-state index in [4.69, 9.17) is 9.78 Å². The van der Waals surface area contributed by atoms with Crippen LogP contribution < -0.4 is 9.78 Å². The van der Waals surface area contributed by atoms with Gasteiger partial charge in [-0.3, -0.25) is 9.78 Å². The molecule has 0 aliphatic heterocycles. The summed E-state index contributed by atoms with van der Waals surface area (Å²) in [5.41, 5.74) is 0. The molecule has 0 saturated carbocycles. The predicted molar refractivity (Wildman–Crippen MR) is 51.8 cm³/mol. The summed E-state index contributed by atoms with van der Waals surface area (Å²) in [4.78, 5) is 10.1. The van der Waals surface area contributed by atoms with Crippen LogP contribution in [0.4, 0.5) is 0 Å². The minimum Gasteiger partial charge on any atom is -0.290 e. The zero-order valence-electron chi connectivity index (χ0n) is 7.44. The van der Waals surface area contributed by atoms with E-state index in [0.717, 1.165) is 0 Å². The highest BCUT2D eigenvalue weighted by Gasteiger charge is 1.94. The fraction of sp³-hybridized carbons (Fsp3) is 0. The molecule has 0 N–H and O–H groups in total. The van der Waals surface area contributed by atoms with Crippen molar-refractivity contribution in [1.82, 2.24) is 0 Å². The molecule has 0 aliphatic rings. The van der Waals surface area contributed by atoms with Crippen molar-refractivity contribution in [2.75, 3.05) is 0 Å². The van der Waals surface area contributed by atoms with Crippen LogP contribution in [0.25, 0.3) is 0 Å². The van der Waals surface area contributed by atoms with Crippen molar-refractivity contribution in [3.63, 3.8) is 0 Å². The maximum atomic E-state index is 5.04. The summed E-state index contributed by atoms with van der Waals surface area (Å²) in [6.45, 7) is 0. The summed E-state index contributed by atoms with van der Waals surface area (Å²) in [7, 11) is 0. The second-order valence-corrected chi connectivity index (χ2v) is 2.64. The Balaban J connectivity index is 1.96. The first kappa shape index (κ1) is 8.63. The highest BCUT2D eigenvalue weighted by atomic mass is 17.2. The second-order valence-electron chi connectivity index (χ2n) is 2.64. The van der Waals surface area contributed by atoms with E-state index < -0.39 is 0 Å². The van der Waals surface area contributed by atoms with Crippen LogP contribution in [-0.4, -0.2) is 0 Å². The first-order valence-electron chi connectivity index (χ1n) is 4.22. The highest BCUT2D eigenvalue weighted by molar-refractivity contribution is 5.22. The molecule has 2 aromatic rings. The lowest BCUT2D eigenvalue weighted by atomic mass is 10.3. The summed E-state index contributed by atoms with van der Waals surface area (Å²) < 4.78 is 0. The third-order valence-corrected chi connectivity index (χ3v) is 1.59.